The van der Waals surface area contributed by atoms with Gasteiger partial charge in [-0.1, -0.05) is 29.0 Å². The Bertz CT molecular complexity index is 241. The van der Waals surface area contributed by atoms with Crippen LogP contribution in [-0.2, 0) is 11.7 Å². The van der Waals surface area contributed by atoms with Gasteiger partial charge >= 0.3 is 57.5 Å². The Morgan fingerprint density at radius 3 is 2.00 bits per heavy atom. The summed E-state index contributed by atoms with van der Waals surface area (Å²) >= 11 is 4.71. The van der Waals surface area contributed by atoms with Crippen LogP contribution in [0.3, 0.4) is 0 Å². The van der Waals surface area contributed by atoms with Crippen molar-refractivity contribution in [3.05, 3.63) is 30.3 Å². The molecule has 0 fully saturated rings. The van der Waals surface area contributed by atoms with Crippen LogP contribution in [-0.4, -0.2) is 16.4 Å². The molecule has 0 aromatic heterocycles. The van der Waals surface area contributed by atoms with Crippen molar-refractivity contribution in [2.75, 3.05) is 0 Å². The van der Waals surface area contributed by atoms with Crippen molar-refractivity contribution in [2.24, 2.45) is 0 Å². The SMILES string of the molecule is O=C(O)O.[K+].[S-]SSc1ccccc1. The quantitative estimate of drug-likeness (QED) is 0.454. The van der Waals surface area contributed by atoms with Crippen LogP contribution in [0.1, 0.15) is 0 Å². The molecular formula is C7H7KO3S3. The fourth-order valence-corrected chi connectivity index (χ4v) is 2.14. The van der Waals surface area contributed by atoms with E-state index in [1.54, 1.807) is 10.8 Å². The monoisotopic (exact) mass is 274 g/mol. The zero-order valence-electron chi connectivity index (χ0n) is 7.41. The summed E-state index contributed by atoms with van der Waals surface area (Å²) in [6.45, 7) is 0. The van der Waals surface area contributed by atoms with Gasteiger partial charge in [0.05, 0.1) is 0 Å². The third-order valence-electron chi connectivity index (χ3n) is 0.873. The molecule has 0 aliphatic carbocycles. The summed E-state index contributed by atoms with van der Waals surface area (Å²) in [7, 11) is 2.96. The van der Waals surface area contributed by atoms with Crippen LogP contribution in [0.2, 0.25) is 0 Å². The smallest absolute Gasteiger partial charge is 0.707 e. The minimum atomic E-state index is -1.83. The molecule has 72 valence electrons. The Labute approximate surface area is 138 Å². The molecule has 0 amide bonds. The van der Waals surface area contributed by atoms with E-state index in [1.807, 2.05) is 30.3 Å². The second kappa shape index (κ2) is 12.2. The van der Waals surface area contributed by atoms with Crippen LogP contribution in [0, 0.1) is 0 Å². The molecule has 1 aromatic carbocycles. The van der Waals surface area contributed by atoms with E-state index in [4.69, 9.17) is 26.7 Å². The first-order valence-electron chi connectivity index (χ1n) is 3.10. The van der Waals surface area contributed by atoms with Crippen molar-refractivity contribution < 1.29 is 66.4 Å². The molecule has 2 N–H and O–H groups in total. The van der Waals surface area contributed by atoms with Gasteiger partial charge in [0.1, 0.15) is 0 Å². The Kier molecular flexibility index (Phi) is 15.4. The summed E-state index contributed by atoms with van der Waals surface area (Å²) in [6, 6.07) is 10.1. The second-order valence-corrected chi connectivity index (χ2v) is 4.65. The number of carboxylic acid groups (broad SMARTS) is 2. The van der Waals surface area contributed by atoms with Crippen LogP contribution in [0.4, 0.5) is 4.79 Å². The van der Waals surface area contributed by atoms with Gasteiger partial charge in [-0.3, -0.25) is 9.83 Å². The third kappa shape index (κ3) is 13.2. The zero-order chi connectivity index (χ0) is 10.1. The van der Waals surface area contributed by atoms with Gasteiger partial charge in [-0.2, -0.15) is 0 Å². The van der Waals surface area contributed by atoms with Gasteiger partial charge in [-0.25, -0.2) is 4.79 Å². The van der Waals surface area contributed by atoms with Gasteiger partial charge in [-0.15, -0.1) is 0 Å². The van der Waals surface area contributed by atoms with Crippen molar-refractivity contribution in [3.8, 4) is 0 Å². The predicted molar refractivity (Wildman–Crippen MR) is 57.9 cm³/mol. The van der Waals surface area contributed by atoms with Crippen molar-refractivity contribution in [2.45, 2.75) is 4.90 Å². The molecule has 0 unspecified atom stereocenters. The maximum atomic E-state index is 8.56. The standard InChI is InChI=1S/C6H6S3.CH2O3.K/c7-9-8-6-4-2-1-3-5-6;2-1(3)4;/h1-5,7H;(H2,2,3,4);/q;;+1/p-1. The fourth-order valence-electron chi connectivity index (χ4n) is 0.515. The number of hydrogen-bond acceptors (Lipinski definition) is 4. The summed E-state index contributed by atoms with van der Waals surface area (Å²) < 4.78 is 0. The van der Waals surface area contributed by atoms with E-state index in [0.29, 0.717) is 0 Å². The number of benzene rings is 1. The largest absolute Gasteiger partial charge is 1.00 e. The van der Waals surface area contributed by atoms with Crippen molar-refractivity contribution in [1.29, 1.82) is 0 Å². The van der Waals surface area contributed by atoms with Gasteiger partial charge in [0.2, 0.25) is 0 Å². The number of hydrogen-bond donors (Lipinski definition) is 2. The van der Waals surface area contributed by atoms with Crippen molar-refractivity contribution in [1.82, 2.24) is 0 Å². The Hall–Kier alpha value is 1.18. The summed E-state index contributed by atoms with van der Waals surface area (Å²) in [5, 5.41) is 13.9. The minimum Gasteiger partial charge on any atom is -0.707 e. The van der Waals surface area contributed by atoms with E-state index >= 15 is 0 Å². The molecule has 1 aromatic rings. The molecule has 0 bridgehead atoms. The van der Waals surface area contributed by atoms with Crippen LogP contribution in [0.15, 0.2) is 35.2 Å². The predicted octanol–water partition coefficient (Wildman–Crippen LogP) is 0.115. The molecule has 0 radical (unpaired) electrons. The molecule has 0 spiro atoms. The zero-order valence-corrected chi connectivity index (χ0v) is 13.0. The maximum absolute atomic E-state index is 8.56. The van der Waals surface area contributed by atoms with E-state index in [-0.39, 0.29) is 51.4 Å². The van der Waals surface area contributed by atoms with Crippen molar-refractivity contribution >= 4 is 38.4 Å². The second-order valence-electron chi connectivity index (χ2n) is 1.75. The molecule has 14 heavy (non-hydrogen) atoms. The molecule has 3 nitrogen and oxygen atoms in total. The van der Waals surface area contributed by atoms with E-state index in [9.17, 15) is 0 Å². The molecule has 1 rings (SSSR count). The molecule has 0 aliphatic rings. The first kappa shape index (κ1) is 17.6. The molecular weight excluding hydrogens is 267 g/mol. The molecule has 0 aliphatic heterocycles. The van der Waals surface area contributed by atoms with Gasteiger partial charge in [0.15, 0.2) is 0 Å². The molecule has 7 heteroatoms. The third-order valence-corrected chi connectivity index (χ3v) is 2.80. The average Bonchev–Trinajstić information content (AvgIpc) is 2.06. The van der Waals surface area contributed by atoms with Gasteiger partial charge in [0, 0.05) is 4.90 Å². The minimum absolute atomic E-state index is 0. The first-order chi connectivity index (χ1) is 6.16. The topological polar surface area (TPSA) is 57.5 Å². The first-order valence-corrected chi connectivity index (χ1v) is 6.17. The van der Waals surface area contributed by atoms with Gasteiger partial charge in [-0.05, 0) is 12.1 Å². The Morgan fingerprint density at radius 1 is 1.21 bits per heavy atom. The normalized spacial score (nSPS) is 7.79. The molecule has 0 heterocycles. The van der Waals surface area contributed by atoms with Crippen molar-refractivity contribution in [3.63, 3.8) is 0 Å². The van der Waals surface area contributed by atoms with Gasteiger partial charge in [0.25, 0.3) is 0 Å². The van der Waals surface area contributed by atoms with E-state index in [0.717, 1.165) is 0 Å². The fraction of sp³-hybridized carbons (Fsp3) is 0. The summed E-state index contributed by atoms with van der Waals surface area (Å²) in [4.78, 5) is 9.78. The van der Waals surface area contributed by atoms with Crippen LogP contribution in [0.25, 0.3) is 0 Å². The van der Waals surface area contributed by atoms with Crippen LogP contribution < -0.4 is 51.4 Å². The number of carbonyl (C=O) groups is 1. The summed E-state index contributed by atoms with van der Waals surface area (Å²) in [5.41, 5.74) is 0. The summed E-state index contributed by atoms with van der Waals surface area (Å²) in [6.07, 6.45) is -1.83. The van der Waals surface area contributed by atoms with E-state index < -0.39 is 6.16 Å². The summed E-state index contributed by atoms with van der Waals surface area (Å²) in [5.74, 6) is 0. The van der Waals surface area contributed by atoms with Crippen LogP contribution >= 0.6 is 20.6 Å². The molecule has 0 atom stereocenters. The number of rotatable bonds is 2. The van der Waals surface area contributed by atoms with E-state index in [1.165, 1.54) is 14.7 Å². The molecule has 0 saturated carbocycles. The van der Waals surface area contributed by atoms with E-state index in [2.05, 4.69) is 0 Å². The average molecular weight is 274 g/mol. The van der Waals surface area contributed by atoms with Crippen LogP contribution in [0.5, 0.6) is 0 Å². The Morgan fingerprint density at radius 2 is 1.64 bits per heavy atom. The van der Waals surface area contributed by atoms with Gasteiger partial charge < -0.3 is 21.9 Å². The Balaban J connectivity index is 0. The molecule has 0 saturated heterocycles. The maximum Gasteiger partial charge on any atom is 1.00 e.